The highest BCUT2D eigenvalue weighted by Gasteiger charge is 2.31. The van der Waals surface area contributed by atoms with Gasteiger partial charge in [0.15, 0.2) is 0 Å². The van der Waals surface area contributed by atoms with E-state index in [9.17, 15) is 5.11 Å². The van der Waals surface area contributed by atoms with E-state index < -0.39 is 5.60 Å². The van der Waals surface area contributed by atoms with Crippen LogP contribution in [0, 0.1) is 0 Å². The van der Waals surface area contributed by atoms with Gasteiger partial charge in [-0.25, -0.2) is 0 Å². The van der Waals surface area contributed by atoms with Crippen LogP contribution >= 0.6 is 11.6 Å². The molecule has 1 atom stereocenters. The summed E-state index contributed by atoms with van der Waals surface area (Å²) in [5.41, 5.74) is 0.667. The summed E-state index contributed by atoms with van der Waals surface area (Å²) in [6, 6.07) is 8.63. The Balaban J connectivity index is 1.70. The average Bonchev–Trinajstić information content (AvgIpc) is 2.36. The van der Waals surface area contributed by atoms with E-state index in [1.54, 1.807) is 7.11 Å². The number of halogens is 1. The summed E-state index contributed by atoms with van der Waals surface area (Å²) in [5, 5.41) is 14.4. The van der Waals surface area contributed by atoms with Crippen LogP contribution in [0.15, 0.2) is 24.3 Å². The first-order valence-corrected chi connectivity index (χ1v) is 7.58. The molecule has 0 heterocycles. The largest absolute Gasteiger partial charge is 0.389 e. The molecule has 3 nitrogen and oxygen atoms in total. The van der Waals surface area contributed by atoms with Gasteiger partial charge in [-0.05, 0) is 43.4 Å². The molecule has 112 valence electrons. The first kappa shape index (κ1) is 15.8. The Hall–Kier alpha value is -0.610. The van der Waals surface area contributed by atoms with E-state index in [0.29, 0.717) is 31.5 Å². The van der Waals surface area contributed by atoms with E-state index >= 15 is 0 Å². The highest BCUT2D eigenvalue weighted by Crippen LogP contribution is 2.37. The molecule has 20 heavy (non-hydrogen) atoms. The molecule has 1 aromatic carbocycles. The standard InChI is InChI=1S/C16H24ClNO2/c1-16(19,7-8-20-2)11-18-15-9-13(10-15)12-3-5-14(17)6-4-12/h3-6,13,15,18-19H,7-11H2,1-2H3. The summed E-state index contributed by atoms with van der Waals surface area (Å²) in [6.45, 7) is 3.06. The van der Waals surface area contributed by atoms with Crippen molar-refractivity contribution in [1.82, 2.24) is 5.32 Å². The molecule has 0 radical (unpaired) electrons. The lowest BCUT2D eigenvalue weighted by atomic mass is 9.75. The molecule has 0 bridgehead atoms. The van der Waals surface area contributed by atoms with Crippen molar-refractivity contribution in [2.75, 3.05) is 20.3 Å². The molecule has 0 aromatic heterocycles. The van der Waals surface area contributed by atoms with Crippen molar-refractivity contribution >= 4 is 11.6 Å². The maximum atomic E-state index is 10.2. The fourth-order valence-corrected chi connectivity index (χ4v) is 2.69. The van der Waals surface area contributed by atoms with Crippen molar-refractivity contribution in [1.29, 1.82) is 0 Å². The highest BCUT2D eigenvalue weighted by molar-refractivity contribution is 6.30. The van der Waals surface area contributed by atoms with E-state index in [2.05, 4.69) is 17.4 Å². The summed E-state index contributed by atoms with van der Waals surface area (Å²) in [4.78, 5) is 0. The number of hydrogen-bond donors (Lipinski definition) is 2. The minimum Gasteiger partial charge on any atom is -0.389 e. The third-order valence-corrected chi connectivity index (χ3v) is 4.35. The number of aliphatic hydroxyl groups is 1. The maximum absolute atomic E-state index is 10.2. The molecule has 1 saturated carbocycles. The Labute approximate surface area is 126 Å². The lowest BCUT2D eigenvalue weighted by Crippen LogP contribution is -2.47. The van der Waals surface area contributed by atoms with Crippen LogP contribution in [0.2, 0.25) is 5.02 Å². The lowest BCUT2D eigenvalue weighted by molar-refractivity contribution is 0.0197. The van der Waals surface area contributed by atoms with E-state index in [4.69, 9.17) is 16.3 Å². The smallest absolute Gasteiger partial charge is 0.0765 e. The van der Waals surface area contributed by atoms with Crippen molar-refractivity contribution in [2.24, 2.45) is 0 Å². The molecule has 1 fully saturated rings. The number of methoxy groups -OCH3 is 1. The van der Waals surface area contributed by atoms with Gasteiger partial charge in [-0.1, -0.05) is 23.7 Å². The Morgan fingerprint density at radius 1 is 1.35 bits per heavy atom. The zero-order valence-corrected chi connectivity index (χ0v) is 13.0. The minimum absolute atomic E-state index is 0.504. The van der Waals surface area contributed by atoms with E-state index in [1.807, 2.05) is 19.1 Å². The van der Waals surface area contributed by atoms with Crippen LogP contribution in [0.5, 0.6) is 0 Å². The molecule has 1 aliphatic carbocycles. The molecule has 0 saturated heterocycles. The van der Waals surface area contributed by atoms with Gasteiger partial charge in [-0.15, -0.1) is 0 Å². The van der Waals surface area contributed by atoms with Crippen molar-refractivity contribution in [3.8, 4) is 0 Å². The molecule has 1 aliphatic rings. The molecule has 1 unspecified atom stereocenters. The van der Waals surface area contributed by atoms with Gasteiger partial charge in [-0.3, -0.25) is 0 Å². The number of hydrogen-bond acceptors (Lipinski definition) is 3. The summed E-state index contributed by atoms with van der Waals surface area (Å²) in [5.74, 6) is 0.619. The van der Waals surface area contributed by atoms with Crippen LogP contribution in [0.4, 0.5) is 0 Å². The van der Waals surface area contributed by atoms with Gasteiger partial charge in [-0.2, -0.15) is 0 Å². The molecule has 0 amide bonds. The lowest BCUT2D eigenvalue weighted by Gasteiger charge is -2.38. The SMILES string of the molecule is COCCC(C)(O)CNC1CC(c2ccc(Cl)cc2)C1. The van der Waals surface area contributed by atoms with Gasteiger partial charge >= 0.3 is 0 Å². The third kappa shape index (κ3) is 4.45. The molecular formula is C16H24ClNO2. The van der Waals surface area contributed by atoms with Crippen LogP contribution in [0.25, 0.3) is 0 Å². The third-order valence-electron chi connectivity index (χ3n) is 4.10. The van der Waals surface area contributed by atoms with E-state index in [1.165, 1.54) is 5.56 Å². The predicted molar refractivity (Wildman–Crippen MR) is 82.3 cm³/mol. The Morgan fingerprint density at radius 3 is 2.60 bits per heavy atom. The monoisotopic (exact) mass is 297 g/mol. The van der Waals surface area contributed by atoms with Crippen LogP contribution in [0.1, 0.15) is 37.7 Å². The number of benzene rings is 1. The van der Waals surface area contributed by atoms with E-state index in [0.717, 1.165) is 17.9 Å². The molecule has 1 aromatic rings. The second-order valence-electron chi connectivity index (χ2n) is 6.04. The minimum atomic E-state index is -0.693. The van der Waals surface area contributed by atoms with Crippen LogP contribution < -0.4 is 5.32 Å². The first-order chi connectivity index (χ1) is 9.50. The zero-order chi connectivity index (χ0) is 14.6. The summed E-state index contributed by atoms with van der Waals surface area (Å²) >= 11 is 5.90. The maximum Gasteiger partial charge on any atom is 0.0765 e. The van der Waals surface area contributed by atoms with Crippen molar-refractivity contribution < 1.29 is 9.84 Å². The number of ether oxygens (including phenoxy) is 1. The highest BCUT2D eigenvalue weighted by atomic mass is 35.5. The predicted octanol–water partition coefficient (Wildman–Crippen LogP) is 2.96. The van der Waals surface area contributed by atoms with Gasteiger partial charge in [0.05, 0.1) is 5.60 Å². The molecule has 2 N–H and O–H groups in total. The number of nitrogens with one attached hydrogen (secondary N) is 1. The molecule has 0 aliphatic heterocycles. The van der Waals surface area contributed by atoms with Crippen LogP contribution in [0.3, 0.4) is 0 Å². The second kappa shape index (κ2) is 6.90. The number of rotatable bonds is 7. The van der Waals surface area contributed by atoms with Crippen molar-refractivity contribution in [2.45, 2.75) is 43.7 Å². The first-order valence-electron chi connectivity index (χ1n) is 7.20. The Bertz CT molecular complexity index is 413. The topological polar surface area (TPSA) is 41.5 Å². The van der Waals surface area contributed by atoms with Gasteiger partial charge in [0, 0.05) is 37.7 Å². The summed E-state index contributed by atoms with van der Waals surface area (Å²) < 4.78 is 5.01. The fourth-order valence-electron chi connectivity index (χ4n) is 2.57. The molecule has 2 rings (SSSR count). The average molecular weight is 298 g/mol. The van der Waals surface area contributed by atoms with Crippen molar-refractivity contribution in [3.63, 3.8) is 0 Å². The Kier molecular flexibility index (Phi) is 5.44. The molecule has 4 heteroatoms. The van der Waals surface area contributed by atoms with Gasteiger partial charge in [0.1, 0.15) is 0 Å². The van der Waals surface area contributed by atoms with Gasteiger partial charge < -0.3 is 15.2 Å². The normalized spacial score (nSPS) is 25.0. The summed E-state index contributed by atoms with van der Waals surface area (Å²) in [6.07, 6.45) is 2.91. The summed E-state index contributed by atoms with van der Waals surface area (Å²) in [7, 11) is 1.66. The Morgan fingerprint density at radius 2 is 2.00 bits per heavy atom. The van der Waals surface area contributed by atoms with Crippen molar-refractivity contribution in [3.05, 3.63) is 34.9 Å². The molecule has 0 spiro atoms. The fraction of sp³-hybridized carbons (Fsp3) is 0.625. The quantitative estimate of drug-likeness (QED) is 0.813. The molecular weight excluding hydrogens is 274 g/mol. The second-order valence-corrected chi connectivity index (χ2v) is 6.47. The zero-order valence-electron chi connectivity index (χ0n) is 12.2. The van der Waals surface area contributed by atoms with Gasteiger partial charge in [0.25, 0.3) is 0 Å². The van der Waals surface area contributed by atoms with E-state index in [-0.39, 0.29) is 0 Å². The van der Waals surface area contributed by atoms with Crippen LogP contribution in [-0.4, -0.2) is 37.0 Å². The van der Waals surface area contributed by atoms with Gasteiger partial charge in [0.2, 0.25) is 0 Å². The van der Waals surface area contributed by atoms with Crippen LogP contribution in [-0.2, 0) is 4.74 Å².